The molecule has 2 aromatic carbocycles. The molecular formula is C22H22ClN3O2S. The van der Waals surface area contributed by atoms with E-state index >= 15 is 0 Å². The SMILES string of the molecule is CCN(Cc1ccc(C(=O)N(C)C)cc1)C(=O)c1cnc(-c2ccccc2Cl)s1. The molecule has 0 atom stereocenters. The van der Waals surface area contributed by atoms with Crippen molar-refractivity contribution in [3.8, 4) is 10.6 Å². The van der Waals surface area contributed by atoms with Gasteiger partial charge in [-0.2, -0.15) is 0 Å². The van der Waals surface area contributed by atoms with E-state index in [0.29, 0.717) is 28.6 Å². The number of hydrogen-bond donors (Lipinski definition) is 0. The zero-order valence-electron chi connectivity index (χ0n) is 16.6. The monoisotopic (exact) mass is 427 g/mol. The van der Waals surface area contributed by atoms with Crippen molar-refractivity contribution in [2.45, 2.75) is 13.5 Å². The van der Waals surface area contributed by atoms with Crippen LogP contribution in [0.3, 0.4) is 0 Å². The van der Waals surface area contributed by atoms with Crippen molar-refractivity contribution in [1.29, 1.82) is 0 Å². The molecule has 1 aromatic heterocycles. The smallest absolute Gasteiger partial charge is 0.265 e. The van der Waals surface area contributed by atoms with Crippen LogP contribution in [0.2, 0.25) is 5.02 Å². The molecule has 0 aliphatic heterocycles. The Morgan fingerprint density at radius 2 is 1.72 bits per heavy atom. The summed E-state index contributed by atoms with van der Waals surface area (Å²) in [6.07, 6.45) is 1.60. The number of thiazole rings is 1. The Bertz CT molecular complexity index is 1010. The molecule has 0 aliphatic rings. The molecule has 0 saturated carbocycles. The van der Waals surface area contributed by atoms with Crippen LogP contribution in [0.4, 0.5) is 0 Å². The number of aromatic nitrogens is 1. The molecule has 1 heterocycles. The quantitative estimate of drug-likeness (QED) is 0.566. The number of nitrogens with zero attached hydrogens (tertiary/aromatic N) is 3. The number of carbonyl (C=O) groups is 2. The summed E-state index contributed by atoms with van der Waals surface area (Å²) in [5.41, 5.74) is 2.41. The molecular weight excluding hydrogens is 406 g/mol. The Balaban J connectivity index is 1.74. The molecule has 5 nitrogen and oxygen atoms in total. The normalized spacial score (nSPS) is 10.6. The van der Waals surface area contributed by atoms with Crippen molar-refractivity contribution < 1.29 is 9.59 Å². The number of halogens is 1. The topological polar surface area (TPSA) is 53.5 Å². The fraction of sp³-hybridized carbons (Fsp3) is 0.227. The third-order valence-corrected chi connectivity index (χ3v) is 5.82. The van der Waals surface area contributed by atoms with Gasteiger partial charge in [0.15, 0.2) is 0 Å². The maximum Gasteiger partial charge on any atom is 0.265 e. The molecule has 150 valence electrons. The summed E-state index contributed by atoms with van der Waals surface area (Å²) < 4.78 is 0. The summed E-state index contributed by atoms with van der Waals surface area (Å²) in [5, 5.41) is 1.34. The minimum atomic E-state index is -0.0725. The van der Waals surface area contributed by atoms with Gasteiger partial charge in [0.05, 0.1) is 11.2 Å². The van der Waals surface area contributed by atoms with Crippen molar-refractivity contribution in [3.63, 3.8) is 0 Å². The van der Waals surface area contributed by atoms with Gasteiger partial charge in [-0.3, -0.25) is 9.59 Å². The lowest BCUT2D eigenvalue weighted by molar-refractivity contribution is 0.0756. The third-order valence-electron chi connectivity index (χ3n) is 4.47. The van der Waals surface area contributed by atoms with Gasteiger partial charge in [-0.1, -0.05) is 41.9 Å². The average molecular weight is 428 g/mol. The summed E-state index contributed by atoms with van der Waals surface area (Å²) in [4.78, 5) is 33.2. The number of rotatable bonds is 6. The van der Waals surface area contributed by atoms with Crippen molar-refractivity contribution >= 4 is 34.8 Å². The van der Waals surface area contributed by atoms with Gasteiger partial charge in [-0.25, -0.2) is 4.98 Å². The lowest BCUT2D eigenvalue weighted by atomic mass is 10.1. The second kappa shape index (κ2) is 9.20. The van der Waals surface area contributed by atoms with E-state index in [-0.39, 0.29) is 11.8 Å². The Morgan fingerprint density at radius 1 is 1.03 bits per heavy atom. The fourth-order valence-electron chi connectivity index (χ4n) is 2.85. The number of carbonyl (C=O) groups excluding carboxylic acids is 2. The van der Waals surface area contributed by atoms with Crippen LogP contribution in [0.15, 0.2) is 54.7 Å². The largest absolute Gasteiger partial charge is 0.345 e. The molecule has 2 amide bonds. The van der Waals surface area contributed by atoms with E-state index in [1.54, 1.807) is 37.3 Å². The second-order valence-electron chi connectivity index (χ2n) is 6.73. The van der Waals surface area contributed by atoms with Gasteiger partial charge in [0.1, 0.15) is 9.88 Å². The lowest BCUT2D eigenvalue weighted by Crippen LogP contribution is -2.29. The first-order chi connectivity index (χ1) is 13.9. The van der Waals surface area contributed by atoms with E-state index in [1.807, 2.05) is 43.3 Å². The van der Waals surface area contributed by atoms with Gasteiger partial charge in [0.2, 0.25) is 0 Å². The Hall–Kier alpha value is -2.70. The lowest BCUT2D eigenvalue weighted by Gasteiger charge is -2.20. The minimum Gasteiger partial charge on any atom is -0.345 e. The predicted molar refractivity (Wildman–Crippen MR) is 117 cm³/mol. The molecule has 7 heteroatoms. The van der Waals surface area contributed by atoms with Gasteiger partial charge >= 0.3 is 0 Å². The van der Waals surface area contributed by atoms with Crippen LogP contribution in [0, 0.1) is 0 Å². The van der Waals surface area contributed by atoms with Crippen molar-refractivity contribution in [3.05, 3.63) is 75.8 Å². The Labute approximate surface area is 179 Å². The highest BCUT2D eigenvalue weighted by Crippen LogP contribution is 2.31. The average Bonchev–Trinajstić information content (AvgIpc) is 3.21. The summed E-state index contributed by atoms with van der Waals surface area (Å²) in [5.74, 6) is -0.117. The number of benzene rings is 2. The first-order valence-corrected chi connectivity index (χ1v) is 10.4. The first kappa shape index (κ1) is 21.0. The number of amides is 2. The van der Waals surface area contributed by atoms with E-state index < -0.39 is 0 Å². The maximum atomic E-state index is 13.0. The van der Waals surface area contributed by atoms with E-state index in [2.05, 4.69) is 4.98 Å². The summed E-state index contributed by atoms with van der Waals surface area (Å²) in [7, 11) is 3.44. The Morgan fingerprint density at radius 3 is 2.34 bits per heavy atom. The second-order valence-corrected chi connectivity index (χ2v) is 8.16. The molecule has 3 rings (SSSR count). The van der Waals surface area contributed by atoms with Gasteiger partial charge in [-0.05, 0) is 30.7 Å². The van der Waals surface area contributed by atoms with E-state index in [9.17, 15) is 9.59 Å². The zero-order chi connectivity index (χ0) is 21.0. The number of hydrogen-bond acceptors (Lipinski definition) is 4. The predicted octanol–water partition coefficient (Wildman–Crippen LogP) is 4.83. The van der Waals surface area contributed by atoms with E-state index in [4.69, 9.17) is 11.6 Å². The molecule has 0 unspecified atom stereocenters. The van der Waals surface area contributed by atoms with Crippen LogP contribution in [-0.4, -0.2) is 47.2 Å². The van der Waals surface area contributed by atoms with Crippen LogP contribution in [0.25, 0.3) is 10.6 Å². The summed E-state index contributed by atoms with van der Waals surface area (Å²) >= 11 is 7.58. The van der Waals surface area contributed by atoms with Gasteiger partial charge in [0, 0.05) is 38.3 Å². The molecule has 3 aromatic rings. The van der Waals surface area contributed by atoms with E-state index in [0.717, 1.165) is 16.1 Å². The van der Waals surface area contributed by atoms with Gasteiger partial charge in [-0.15, -0.1) is 11.3 Å². The van der Waals surface area contributed by atoms with Gasteiger partial charge < -0.3 is 9.80 Å². The molecule has 29 heavy (non-hydrogen) atoms. The molecule has 0 N–H and O–H groups in total. The van der Waals surface area contributed by atoms with Crippen molar-refractivity contribution in [1.82, 2.24) is 14.8 Å². The molecule has 0 radical (unpaired) electrons. The molecule has 0 bridgehead atoms. The van der Waals surface area contributed by atoms with Crippen LogP contribution in [0.1, 0.15) is 32.5 Å². The molecule has 0 fully saturated rings. The summed E-state index contributed by atoms with van der Waals surface area (Å²) in [6.45, 7) is 2.97. The summed E-state index contributed by atoms with van der Waals surface area (Å²) in [6, 6.07) is 14.8. The highest BCUT2D eigenvalue weighted by molar-refractivity contribution is 7.17. The van der Waals surface area contributed by atoms with Crippen LogP contribution in [0.5, 0.6) is 0 Å². The van der Waals surface area contributed by atoms with Crippen LogP contribution < -0.4 is 0 Å². The van der Waals surface area contributed by atoms with Gasteiger partial charge in [0.25, 0.3) is 11.8 Å². The fourth-order valence-corrected chi connectivity index (χ4v) is 4.05. The zero-order valence-corrected chi connectivity index (χ0v) is 18.1. The van der Waals surface area contributed by atoms with Crippen LogP contribution >= 0.6 is 22.9 Å². The highest BCUT2D eigenvalue weighted by atomic mass is 35.5. The molecule has 0 aliphatic carbocycles. The van der Waals surface area contributed by atoms with E-state index in [1.165, 1.54) is 16.2 Å². The highest BCUT2D eigenvalue weighted by Gasteiger charge is 2.19. The molecule has 0 spiro atoms. The minimum absolute atomic E-state index is 0.0447. The van der Waals surface area contributed by atoms with Crippen molar-refractivity contribution in [2.24, 2.45) is 0 Å². The standard InChI is InChI=1S/C22H22ClN3O2S/c1-4-26(14-15-9-11-16(12-10-15)21(27)25(2)3)22(28)19-13-24-20(29-19)17-7-5-6-8-18(17)23/h5-13H,4,14H2,1-3H3. The van der Waals surface area contributed by atoms with Crippen molar-refractivity contribution in [2.75, 3.05) is 20.6 Å². The maximum absolute atomic E-state index is 13.0. The molecule has 0 saturated heterocycles. The first-order valence-electron chi connectivity index (χ1n) is 9.21. The Kier molecular flexibility index (Phi) is 6.67. The van der Waals surface area contributed by atoms with Crippen LogP contribution in [-0.2, 0) is 6.54 Å². The third kappa shape index (κ3) is 4.83.